The summed E-state index contributed by atoms with van der Waals surface area (Å²) >= 11 is 0. The van der Waals surface area contributed by atoms with Gasteiger partial charge in [-0.05, 0) is 17.5 Å². The summed E-state index contributed by atoms with van der Waals surface area (Å²) in [5.41, 5.74) is -13.1. The topological polar surface area (TPSA) is 18.5 Å². The molecule has 0 unspecified atom stereocenters. The predicted octanol–water partition coefficient (Wildman–Crippen LogP) is 13.8. The van der Waals surface area contributed by atoms with Crippen molar-refractivity contribution in [3.63, 3.8) is 0 Å². The van der Waals surface area contributed by atoms with Crippen LogP contribution in [0.2, 0.25) is 0 Å². The average molecular weight is 1000 g/mol. The molecule has 352 valence electrons. The van der Waals surface area contributed by atoms with E-state index in [0.29, 0.717) is 12.1 Å². The first kappa shape index (κ1) is 45.4. The van der Waals surface area contributed by atoms with Crippen LogP contribution in [0.4, 0.5) is 101 Å². The maximum Gasteiger partial charge on any atom is 0.636 e. The summed E-state index contributed by atoms with van der Waals surface area (Å²) < 4.78 is 369. The third kappa shape index (κ3) is 5.49. The van der Waals surface area contributed by atoms with Gasteiger partial charge in [0.1, 0.15) is 17.4 Å². The minimum Gasteiger partial charge on any atom is -0.519 e. The van der Waals surface area contributed by atoms with Crippen molar-refractivity contribution in [1.82, 2.24) is 0 Å². The Morgan fingerprint density at radius 2 is 0.739 bits per heavy atom. The Labute approximate surface area is 362 Å². The molecule has 9 aromatic rings. The molecule has 0 N–H and O–H groups in total. The van der Waals surface area contributed by atoms with Gasteiger partial charge in [0.05, 0.1) is 43.5 Å². The molecular weight excluding hydrogens is 996 g/mol. The summed E-state index contributed by atoms with van der Waals surface area (Å²) in [6.45, 7) is 0. The van der Waals surface area contributed by atoms with Gasteiger partial charge in [-0.1, -0.05) is 12.1 Å². The minimum atomic E-state index is -5.78. The first-order valence-corrected chi connectivity index (χ1v) is 18.3. The first-order chi connectivity index (χ1) is 32.3. The van der Waals surface area contributed by atoms with E-state index in [0.717, 1.165) is 12.1 Å². The van der Waals surface area contributed by atoms with Crippen LogP contribution in [0.1, 0.15) is 11.1 Å². The Hall–Kier alpha value is -7.41. The molecule has 0 bridgehead atoms. The van der Waals surface area contributed by atoms with E-state index in [-0.39, 0.29) is 0 Å². The zero-order valence-corrected chi connectivity index (χ0v) is 31.9. The number of hydrogen-bond acceptors (Lipinski definition) is 2. The van der Waals surface area contributed by atoms with Crippen LogP contribution in [-0.2, 0) is 5.92 Å². The Balaban J connectivity index is 1.39. The largest absolute Gasteiger partial charge is 0.636 e. The molecule has 10 rings (SSSR count). The van der Waals surface area contributed by atoms with Crippen molar-refractivity contribution in [2.45, 2.75) is 5.92 Å². The second kappa shape index (κ2) is 14.6. The summed E-state index contributed by atoms with van der Waals surface area (Å²) in [6.07, 6.45) is 0. The quantitative estimate of drug-likeness (QED) is 0.0427. The third-order valence-electron chi connectivity index (χ3n) is 11.5. The molecule has 0 radical (unpaired) electrons. The maximum absolute atomic E-state index is 16.8. The summed E-state index contributed by atoms with van der Waals surface area (Å²) in [7, 11) is -4.22. The van der Waals surface area contributed by atoms with Gasteiger partial charge < -0.3 is 9.31 Å². The number of alkyl halides is 2. The molecule has 0 spiro atoms. The number of halogens is 23. The molecule has 0 aliphatic heterocycles. The fourth-order valence-electron chi connectivity index (χ4n) is 8.60. The fraction of sp³-hybridized carbons (Fsp3) is 0.0233. The summed E-state index contributed by atoms with van der Waals surface area (Å²) in [5, 5.41) is -18.6. The molecular formula is C43H4BF23O2. The van der Waals surface area contributed by atoms with Gasteiger partial charge in [0.25, 0.3) is 0 Å². The van der Waals surface area contributed by atoms with E-state index in [1.54, 1.807) is 0 Å². The van der Waals surface area contributed by atoms with E-state index in [9.17, 15) is 17.6 Å². The van der Waals surface area contributed by atoms with Crippen molar-refractivity contribution in [2.24, 2.45) is 0 Å². The number of fused-ring (bicyclic) bond motifs is 5. The summed E-state index contributed by atoms with van der Waals surface area (Å²) in [4.78, 5) is 0. The van der Waals surface area contributed by atoms with E-state index >= 15 is 83.4 Å². The molecule has 69 heavy (non-hydrogen) atoms. The number of rotatable bonds is 5. The van der Waals surface area contributed by atoms with Crippen molar-refractivity contribution < 1.29 is 110 Å². The van der Waals surface area contributed by atoms with Gasteiger partial charge in [0.2, 0.25) is 11.6 Å². The van der Waals surface area contributed by atoms with Crippen LogP contribution in [0.15, 0.2) is 24.3 Å². The van der Waals surface area contributed by atoms with Gasteiger partial charge in [-0.25, -0.2) is 83.4 Å². The molecule has 0 saturated carbocycles. The van der Waals surface area contributed by atoms with Gasteiger partial charge in [-0.3, -0.25) is 0 Å². The molecule has 0 atom stereocenters. The minimum absolute atomic E-state index is 0.295. The highest BCUT2D eigenvalue weighted by atomic mass is 19.3. The van der Waals surface area contributed by atoms with Crippen molar-refractivity contribution >= 4 is 66.4 Å². The highest BCUT2D eigenvalue weighted by Gasteiger charge is 2.56. The maximum atomic E-state index is 16.8. The second-order valence-electron chi connectivity index (χ2n) is 14.9. The number of hydrogen-bond donors (Lipinski definition) is 0. The molecule has 0 saturated heterocycles. The molecule has 0 fully saturated rings. The highest BCUT2D eigenvalue weighted by Crippen LogP contribution is 2.59. The van der Waals surface area contributed by atoms with Crippen molar-refractivity contribution in [1.29, 1.82) is 0 Å². The normalized spacial score (nSPS) is 13.3. The summed E-state index contributed by atoms with van der Waals surface area (Å²) in [6, 6.07) is 2.41. The van der Waals surface area contributed by atoms with Gasteiger partial charge in [0.15, 0.2) is 105 Å². The van der Waals surface area contributed by atoms with Crippen LogP contribution in [0.3, 0.4) is 0 Å². The Morgan fingerprint density at radius 3 is 1.32 bits per heavy atom. The van der Waals surface area contributed by atoms with Crippen LogP contribution >= 0.6 is 0 Å². The fourth-order valence-corrected chi connectivity index (χ4v) is 8.60. The Bertz CT molecular complexity index is 3890. The average Bonchev–Trinajstić information content (AvgIpc) is 3.55. The zero-order valence-electron chi connectivity index (χ0n) is 31.9. The van der Waals surface area contributed by atoms with E-state index in [4.69, 9.17) is 9.31 Å². The van der Waals surface area contributed by atoms with Crippen LogP contribution in [0.5, 0.6) is 11.5 Å². The number of benzene rings is 9. The van der Waals surface area contributed by atoms with Crippen LogP contribution in [0.25, 0.3) is 65.0 Å². The molecule has 0 aromatic heterocycles. The monoisotopic (exact) mass is 1000 g/mol. The lowest BCUT2D eigenvalue weighted by molar-refractivity contribution is 0.0404. The second-order valence-corrected chi connectivity index (χ2v) is 14.9. The molecule has 26 heteroatoms. The third-order valence-corrected chi connectivity index (χ3v) is 11.5. The van der Waals surface area contributed by atoms with Gasteiger partial charge in [0, 0.05) is 32.7 Å². The molecule has 1 aliphatic rings. The molecule has 9 aromatic carbocycles. The predicted molar refractivity (Wildman–Crippen MR) is 192 cm³/mol. The van der Waals surface area contributed by atoms with Crippen molar-refractivity contribution in [2.75, 3.05) is 0 Å². The van der Waals surface area contributed by atoms with E-state index in [2.05, 4.69) is 0 Å². The van der Waals surface area contributed by atoms with E-state index in [1.807, 2.05) is 0 Å². The lowest BCUT2D eigenvalue weighted by Gasteiger charge is -2.25. The van der Waals surface area contributed by atoms with E-state index < -0.39 is 228 Å². The first-order valence-electron chi connectivity index (χ1n) is 18.3. The van der Waals surface area contributed by atoms with Crippen LogP contribution < -0.4 is 14.8 Å². The molecule has 1 aliphatic carbocycles. The van der Waals surface area contributed by atoms with Crippen LogP contribution in [0, 0.1) is 122 Å². The Morgan fingerprint density at radius 1 is 0.333 bits per heavy atom. The molecule has 2 nitrogen and oxygen atoms in total. The summed E-state index contributed by atoms with van der Waals surface area (Å²) in [5.74, 6) is -70.7. The van der Waals surface area contributed by atoms with Gasteiger partial charge in [-0.15, -0.1) is 0 Å². The SMILES string of the molecule is Fc1c(F)c(F)c2c(c1F)-c1c(F)c(F)c(F)c(OB(Oc3c(F)c(F)c(F)c4c(F)c5c(F)cccc5cc34)c3c(F)c(F)c4c(F)c(F)c5c(F)c(F)c(F)c6c(F)c(F)c3c4c56)c1C2(F)F. The molecule has 0 amide bonds. The van der Waals surface area contributed by atoms with E-state index in [1.165, 1.54) is 0 Å². The Kier molecular flexibility index (Phi) is 9.57. The van der Waals surface area contributed by atoms with Crippen molar-refractivity contribution in [3.8, 4) is 22.6 Å². The van der Waals surface area contributed by atoms with Crippen molar-refractivity contribution in [3.05, 3.63) is 158 Å². The highest BCUT2D eigenvalue weighted by molar-refractivity contribution is 6.66. The molecule has 0 heterocycles. The standard InChI is InChI=1S/C43H4BF23O2/c45-7-3-1-2-5-4-6-9(21(46)8(5)7)22(47)36(61)39(64)41(6)68-44(69-42-19-13(24(49)37(62)40(42)65)12-18(43(19,66)67)32(57)38(63)35(60)23(12)48)20-14-10-11-16(26(51)25(14)50)30(55)34(59)31(56)17(11)28(53)27(52)15(10)29(54)33(20)58/h1-4H. The lowest BCUT2D eigenvalue weighted by Crippen LogP contribution is -2.47. The zero-order chi connectivity index (χ0) is 50.3. The smallest absolute Gasteiger partial charge is 0.519 e. The van der Waals surface area contributed by atoms with Gasteiger partial charge in [-0.2, -0.15) is 17.6 Å². The van der Waals surface area contributed by atoms with Gasteiger partial charge >= 0.3 is 13.0 Å². The van der Waals surface area contributed by atoms with Crippen LogP contribution in [-0.4, -0.2) is 7.12 Å². The lowest BCUT2D eigenvalue weighted by atomic mass is 9.72.